The predicted octanol–water partition coefficient (Wildman–Crippen LogP) is 5.89. The first-order valence-electron chi connectivity index (χ1n) is 12.8. The minimum Gasteiger partial charge on any atom is -0.378 e. The van der Waals surface area contributed by atoms with Crippen molar-refractivity contribution < 1.29 is 9.59 Å². The molecule has 1 aliphatic carbocycles. The number of hydrogen-bond donors (Lipinski definition) is 1. The van der Waals surface area contributed by atoms with Gasteiger partial charge in [0.25, 0.3) is 0 Å². The number of thioether (sulfide) groups is 1. The van der Waals surface area contributed by atoms with Crippen LogP contribution in [0.15, 0.2) is 59.8 Å². The molecular weight excluding hydrogens is 518 g/mol. The smallest absolute Gasteiger partial charge is 0.250 e. The normalized spacial score (nSPS) is 14.2. The number of halogens is 1. The van der Waals surface area contributed by atoms with Crippen LogP contribution in [0.4, 0.5) is 11.4 Å². The van der Waals surface area contributed by atoms with Crippen molar-refractivity contribution in [3.8, 4) is 0 Å². The molecule has 1 heterocycles. The number of benzene rings is 2. The molecule has 1 saturated carbocycles. The molecule has 0 aliphatic heterocycles. The van der Waals surface area contributed by atoms with Gasteiger partial charge in [0.05, 0.1) is 5.75 Å². The van der Waals surface area contributed by atoms with Gasteiger partial charge in [-0.05, 0) is 74.7 Å². The predicted molar refractivity (Wildman–Crippen MR) is 155 cm³/mol. The molecule has 3 aromatic rings. The van der Waals surface area contributed by atoms with Crippen molar-refractivity contribution in [3.63, 3.8) is 0 Å². The Kier molecular flexibility index (Phi) is 8.95. The van der Waals surface area contributed by atoms with Crippen LogP contribution < -0.4 is 10.2 Å². The first-order chi connectivity index (χ1) is 18.2. The third-order valence-electron chi connectivity index (χ3n) is 6.85. The average molecular weight is 552 g/mol. The first-order valence-corrected chi connectivity index (χ1v) is 14.1. The van der Waals surface area contributed by atoms with E-state index in [-0.39, 0.29) is 17.6 Å². The Morgan fingerprint density at radius 2 is 1.58 bits per heavy atom. The van der Waals surface area contributed by atoms with E-state index in [2.05, 4.69) is 15.3 Å². The maximum Gasteiger partial charge on any atom is 0.250 e. The molecule has 1 fully saturated rings. The van der Waals surface area contributed by atoms with Crippen LogP contribution in [-0.4, -0.2) is 52.1 Å². The Balaban J connectivity index is 1.61. The van der Waals surface area contributed by atoms with E-state index in [1.165, 1.54) is 11.8 Å². The van der Waals surface area contributed by atoms with Gasteiger partial charge in [0.15, 0.2) is 5.16 Å². The molecule has 0 spiro atoms. The molecule has 4 rings (SSSR count). The number of aryl methyl sites for hydroxylation is 2. The molecule has 1 N–H and O–H groups in total. The van der Waals surface area contributed by atoms with E-state index in [0.717, 1.165) is 35.5 Å². The number of rotatable bonds is 9. The number of nitrogens with one attached hydrogen (secondary N) is 1. The maximum absolute atomic E-state index is 13.9. The molecule has 1 aromatic heterocycles. The Bertz CT molecular complexity index is 1250. The highest BCUT2D eigenvalue weighted by Crippen LogP contribution is 2.38. The Labute approximate surface area is 234 Å². The second kappa shape index (κ2) is 12.2. The number of aromatic nitrogens is 2. The highest BCUT2D eigenvalue weighted by Gasteiger charge is 2.48. The quantitative estimate of drug-likeness (QED) is 0.264. The van der Waals surface area contributed by atoms with E-state index < -0.39 is 5.54 Å². The maximum atomic E-state index is 13.9. The average Bonchev–Trinajstić information content (AvgIpc) is 3.38. The SMILES string of the molecule is Cc1cc(C)nc(SCC(=O)N(Cc2ccc(Cl)cc2)C2(C(=O)Nc3ccc(N(C)C)cc3)CCCC2)n1. The van der Waals surface area contributed by atoms with Crippen molar-refractivity contribution in [3.05, 3.63) is 76.6 Å². The monoisotopic (exact) mass is 551 g/mol. The first kappa shape index (κ1) is 27.9. The molecule has 0 radical (unpaired) electrons. The fourth-order valence-electron chi connectivity index (χ4n) is 4.88. The highest BCUT2D eigenvalue weighted by atomic mass is 35.5. The lowest BCUT2D eigenvalue weighted by Gasteiger charge is -2.40. The van der Waals surface area contributed by atoms with E-state index in [0.29, 0.717) is 35.3 Å². The Morgan fingerprint density at radius 3 is 2.16 bits per heavy atom. The van der Waals surface area contributed by atoms with Crippen molar-refractivity contribution >= 4 is 46.6 Å². The summed E-state index contributed by atoms with van der Waals surface area (Å²) >= 11 is 7.42. The molecule has 0 bridgehead atoms. The van der Waals surface area contributed by atoms with Gasteiger partial charge < -0.3 is 15.1 Å². The highest BCUT2D eigenvalue weighted by molar-refractivity contribution is 7.99. The fraction of sp³-hybridized carbons (Fsp3) is 0.379. The molecule has 0 unspecified atom stereocenters. The van der Waals surface area contributed by atoms with E-state index >= 15 is 0 Å². The van der Waals surface area contributed by atoms with Gasteiger partial charge in [0.2, 0.25) is 11.8 Å². The fourth-order valence-corrected chi connectivity index (χ4v) is 5.83. The van der Waals surface area contributed by atoms with Crippen LogP contribution in [-0.2, 0) is 16.1 Å². The number of anilines is 2. The van der Waals surface area contributed by atoms with Crippen molar-refractivity contribution in [2.24, 2.45) is 0 Å². The zero-order chi connectivity index (χ0) is 27.3. The van der Waals surface area contributed by atoms with Crippen LogP contribution in [0.3, 0.4) is 0 Å². The van der Waals surface area contributed by atoms with Gasteiger partial charge >= 0.3 is 0 Å². The number of carbonyl (C=O) groups excluding carboxylic acids is 2. The summed E-state index contributed by atoms with van der Waals surface area (Å²) in [6.45, 7) is 4.14. The van der Waals surface area contributed by atoms with Gasteiger partial charge in [-0.2, -0.15) is 0 Å². The van der Waals surface area contributed by atoms with Crippen LogP contribution in [0.1, 0.15) is 42.6 Å². The van der Waals surface area contributed by atoms with Crippen molar-refractivity contribution in [2.75, 3.05) is 30.1 Å². The number of hydrogen-bond acceptors (Lipinski definition) is 6. The summed E-state index contributed by atoms with van der Waals surface area (Å²) in [5.41, 5.74) is 3.45. The molecule has 0 atom stereocenters. The van der Waals surface area contributed by atoms with Crippen molar-refractivity contribution in [2.45, 2.75) is 56.8 Å². The Morgan fingerprint density at radius 1 is 0.974 bits per heavy atom. The molecule has 0 saturated heterocycles. The second-order valence-corrected chi connectivity index (χ2v) is 11.3. The van der Waals surface area contributed by atoms with Crippen molar-refractivity contribution in [1.82, 2.24) is 14.9 Å². The van der Waals surface area contributed by atoms with Gasteiger partial charge in [0.1, 0.15) is 5.54 Å². The molecule has 38 heavy (non-hydrogen) atoms. The summed E-state index contributed by atoms with van der Waals surface area (Å²) in [5.74, 6) is -0.126. The summed E-state index contributed by atoms with van der Waals surface area (Å²) in [7, 11) is 3.95. The zero-order valence-corrected chi connectivity index (χ0v) is 23.9. The van der Waals surface area contributed by atoms with Crippen LogP contribution in [0.25, 0.3) is 0 Å². The molecule has 2 amide bonds. The molecule has 2 aromatic carbocycles. The zero-order valence-electron chi connectivity index (χ0n) is 22.3. The van der Waals surface area contributed by atoms with E-state index in [4.69, 9.17) is 11.6 Å². The van der Waals surface area contributed by atoms with Gasteiger partial charge in [-0.1, -0.05) is 48.3 Å². The van der Waals surface area contributed by atoms with Crippen molar-refractivity contribution in [1.29, 1.82) is 0 Å². The summed E-state index contributed by atoms with van der Waals surface area (Å²) in [6.07, 6.45) is 2.98. The van der Waals surface area contributed by atoms with E-state index in [1.54, 1.807) is 4.90 Å². The lowest BCUT2D eigenvalue weighted by molar-refractivity contribution is -0.144. The number of nitrogens with zero attached hydrogens (tertiary/aromatic N) is 4. The lowest BCUT2D eigenvalue weighted by Crippen LogP contribution is -2.57. The second-order valence-electron chi connectivity index (χ2n) is 9.96. The summed E-state index contributed by atoms with van der Waals surface area (Å²) in [6, 6.07) is 17.1. The van der Waals surface area contributed by atoms with Gasteiger partial charge in [0, 0.05) is 48.4 Å². The summed E-state index contributed by atoms with van der Waals surface area (Å²) in [5, 5.41) is 4.30. The molecule has 9 heteroatoms. The number of amides is 2. The number of carbonyl (C=O) groups is 2. The minimum atomic E-state index is -0.944. The summed E-state index contributed by atoms with van der Waals surface area (Å²) < 4.78 is 0. The third-order valence-corrected chi connectivity index (χ3v) is 7.94. The topological polar surface area (TPSA) is 78.4 Å². The molecule has 200 valence electrons. The van der Waals surface area contributed by atoms with Gasteiger partial charge in [-0.15, -0.1) is 0 Å². The molecular formula is C29H34ClN5O2S. The third kappa shape index (κ3) is 6.66. The molecule has 1 aliphatic rings. The largest absolute Gasteiger partial charge is 0.378 e. The Hall–Kier alpha value is -3.10. The van der Waals surface area contributed by atoms with Gasteiger partial charge in [-0.3, -0.25) is 9.59 Å². The van der Waals surface area contributed by atoms with E-state index in [9.17, 15) is 9.59 Å². The van der Waals surface area contributed by atoms with Crippen LogP contribution >= 0.6 is 23.4 Å². The molecule has 7 nitrogen and oxygen atoms in total. The standard InChI is InChI=1S/C29H34ClN5O2S/c1-20-17-21(2)32-28(31-20)38-19-26(36)35(18-22-7-9-23(30)10-8-22)29(15-5-6-16-29)27(37)33-24-11-13-25(14-12-24)34(3)4/h7-14,17H,5-6,15-16,18-19H2,1-4H3,(H,33,37). The van der Waals surface area contributed by atoms with Crippen LogP contribution in [0.5, 0.6) is 0 Å². The minimum absolute atomic E-state index is 0.118. The van der Waals surface area contributed by atoms with Gasteiger partial charge in [-0.25, -0.2) is 9.97 Å². The van der Waals surface area contributed by atoms with Crippen LogP contribution in [0.2, 0.25) is 5.02 Å². The lowest BCUT2D eigenvalue weighted by atomic mass is 9.92. The summed E-state index contributed by atoms with van der Waals surface area (Å²) in [4.78, 5) is 40.5. The van der Waals surface area contributed by atoms with Crippen LogP contribution in [0, 0.1) is 13.8 Å². The van der Waals surface area contributed by atoms with E-state index in [1.807, 2.05) is 87.4 Å².